The zero-order chi connectivity index (χ0) is 87.0. The van der Waals surface area contributed by atoms with Crippen LogP contribution in [0.15, 0.2) is 146 Å². The van der Waals surface area contributed by atoms with Gasteiger partial charge in [0.1, 0.15) is 41.0 Å². The minimum absolute atomic E-state index is 0.138. The lowest BCUT2D eigenvalue weighted by Gasteiger charge is -2.29. The molecule has 0 bridgehead atoms. The summed E-state index contributed by atoms with van der Waals surface area (Å²) in [4.78, 5) is 115. The smallest absolute Gasteiger partial charge is 0.410 e. The summed E-state index contributed by atoms with van der Waals surface area (Å²) < 4.78 is 26.5. The largest absolute Gasteiger partial charge is 0.465 e. The van der Waals surface area contributed by atoms with Crippen LogP contribution in [0.1, 0.15) is 197 Å². The first kappa shape index (κ1) is 90.9. The molecule has 4 aromatic heterocycles. The van der Waals surface area contributed by atoms with Gasteiger partial charge in [-0.1, -0.05) is 187 Å². The van der Waals surface area contributed by atoms with E-state index in [2.05, 4.69) is 229 Å². The molecule has 4 saturated heterocycles. The number of aromatic amines is 4. The molecule has 14 rings (SSSR count). The van der Waals surface area contributed by atoms with Gasteiger partial charge in [-0.05, 0) is 155 Å². The fraction of sp³-hybridized carbons (Fsp3) is 0.468. The molecule has 0 spiro atoms. The molecule has 10 aromatic rings. The molecule has 120 heavy (non-hydrogen) atoms. The third kappa shape index (κ3) is 23.4. The van der Waals surface area contributed by atoms with E-state index in [-0.39, 0.29) is 66.1 Å². The number of amides is 6. The van der Waals surface area contributed by atoms with Crippen molar-refractivity contribution in [1.29, 1.82) is 0 Å². The van der Waals surface area contributed by atoms with Gasteiger partial charge in [0.2, 0.25) is 11.8 Å². The third-order valence-electron chi connectivity index (χ3n) is 20.9. The van der Waals surface area contributed by atoms with Gasteiger partial charge in [-0.3, -0.25) is 19.4 Å². The molecule has 26 nitrogen and oxygen atoms in total. The van der Waals surface area contributed by atoms with E-state index in [9.17, 15) is 33.9 Å². The highest BCUT2D eigenvalue weighted by Crippen LogP contribution is 2.40. The van der Waals surface area contributed by atoms with Gasteiger partial charge >= 0.3 is 24.4 Å². The second-order valence-electron chi connectivity index (χ2n) is 35.0. The Morgan fingerprint density at radius 3 is 1.02 bits per heavy atom. The van der Waals surface area contributed by atoms with E-state index in [4.69, 9.17) is 28.7 Å². The number of benzene rings is 6. The number of alkyl carbamates (subject to hydrolysis) is 2. The molecule has 8 atom stereocenters. The zero-order valence-electron chi connectivity index (χ0n) is 73.4. The molecule has 6 aromatic carbocycles. The van der Waals surface area contributed by atoms with Gasteiger partial charge in [-0.2, -0.15) is 0 Å². The van der Waals surface area contributed by atoms with Gasteiger partial charge < -0.3 is 69.2 Å². The Kier molecular flexibility index (Phi) is 31.1. The van der Waals surface area contributed by atoms with E-state index in [1.165, 1.54) is 19.1 Å². The average Bonchev–Trinajstić information content (AvgIpc) is 1.58. The van der Waals surface area contributed by atoms with Crippen LogP contribution >= 0.6 is 0 Å². The molecule has 0 radical (unpaired) electrons. The van der Waals surface area contributed by atoms with Crippen LogP contribution in [0, 0.1) is 29.6 Å². The van der Waals surface area contributed by atoms with Gasteiger partial charge in [0.25, 0.3) is 0 Å². The minimum Gasteiger partial charge on any atom is -0.465 e. The summed E-state index contributed by atoms with van der Waals surface area (Å²) in [6.07, 6.45) is 8.86. The number of carboxylic acid groups (broad SMARTS) is 1. The Hall–Kier alpha value is -11.4. The van der Waals surface area contributed by atoms with Crippen molar-refractivity contribution in [3.63, 3.8) is 0 Å². The number of nitrogens with zero attached hydrogens (tertiary/aromatic N) is 8. The molecule has 6 amide bonds. The van der Waals surface area contributed by atoms with E-state index in [0.717, 1.165) is 138 Å². The number of H-pyrrole nitrogens is 4. The number of ether oxygens (including phenoxy) is 5. The number of methoxy groups -OCH3 is 4. The number of hydrogen-bond acceptors (Lipinski definition) is 15. The van der Waals surface area contributed by atoms with Crippen molar-refractivity contribution >= 4 is 57.7 Å². The van der Waals surface area contributed by atoms with Crippen molar-refractivity contribution in [3.8, 4) is 67.3 Å². The molecule has 642 valence electrons. The molecule has 8 unspecified atom stereocenters. The van der Waals surface area contributed by atoms with Crippen molar-refractivity contribution in [2.24, 2.45) is 29.6 Å². The van der Waals surface area contributed by atoms with E-state index < -0.39 is 36.0 Å². The van der Waals surface area contributed by atoms with Crippen molar-refractivity contribution < 1.29 is 57.6 Å². The van der Waals surface area contributed by atoms with E-state index in [0.29, 0.717) is 56.5 Å². The van der Waals surface area contributed by atoms with Crippen LogP contribution in [-0.4, -0.2) is 185 Å². The lowest BCUT2D eigenvalue weighted by atomic mass is 9.98. The normalized spacial score (nSPS) is 18.2. The van der Waals surface area contributed by atoms with Gasteiger partial charge in [0.05, 0.1) is 98.2 Å². The Bertz CT molecular complexity index is 5050. The number of rotatable bonds is 18. The standard InChI is InChI=1S/C43H51N7O6.C39H43N7O6.3C4H10/c1-25(2)37(48-41(52)55-7)40(51)50-24-32(54-6)21-36(50)39-45-22-33(46-39)27-12-10-26(11-13-27)28-14-15-30-20-31(17-16-29(30)19-28)34-23-44-38(47-34)35-9-8-18-49(35)42(53)56-43(3,4)5;1-22(2)34(44-38(48)52-4)37(47)46-21-29(51-3)18-33(46)36-41-19-30(42-36)24-9-7-23(8-10-24)25-11-12-27-17-28(14-13-26(27)16-25)31-20-40-35(43-31)32-6-5-15-45(32)39(49)50;3*1-4(2)3/h10-17,19-20,22-23,25,32,35-37H,8-9,18,21,24H2,1-7H3,(H,44,47)(H,45,46)(H,48,52);7-14,16-17,19-20,22,29,32-34H,5-6,15,18,21H2,1-4H3,(H,40,43)(H,41,42)(H,44,48)(H,49,50);3*4H,1-3H3. The third-order valence-corrected chi connectivity index (χ3v) is 20.9. The van der Waals surface area contributed by atoms with E-state index >= 15 is 0 Å². The summed E-state index contributed by atoms with van der Waals surface area (Å²) in [5, 5.41) is 19.3. The number of aromatic nitrogens is 8. The van der Waals surface area contributed by atoms with Crippen LogP contribution in [0.25, 0.3) is 88.8 Å². The molecule has 4 fully saturated rings. The highest BCUT2D eigenvalue weighted by atomic mass is 16.6. The van der Waals surface area contributed by atoms with Crippen molar-refractivity contribution in [3.05, 3.63) is 169 Å². The number of nitrogens with one attached hydrogen (secondary N) is 6. The second kappa shape index (κ2) is 41.1. The average molecular weight is 1640 g/mol. The van der Waals surface area contributed by atoms with Crippen LogP contribution in [0.3, 0.4) is 0 Å². The maximum atomic E-state index is 13.7. The summed E-state index contributed by atoms with van der Waals surface area (Å²) in [6, 6.07) is 39.5. The Morgan fingerprint density at radius 2 is 0.700 bits per heavy atom. The van der Waals surface area contributed by atoms with Gasteiger partial charge in [0, 0.05) is 64.4 Å². The lowest BCUT2D eigenvalue weighted by molar-refractivity contribution is -0.136. The maximum Gasteiger partial charge on any atom is 0.410 e. The first-order valence-electron chi connectivity index (χ1n) is 42.0. The SMILES string of the molecule is CC(C)C.CC(C)C.CC(C)C.COC(=O)NC(C(=O)N1CC(OC)CC1c1ncc(-c2ccc(-c3ccc4cc(-c5cnc(C6CCCN6C(=O)O)[nH]5)ccc4c3)cc2)[nH]1)C(C)C.COC(=O)NC(C(=O)N1CC(OC)CC1c1ncc(-c2ccc(-c3ccc4cc(-c5cnc(C6CCCN6C(=O)OC(C)(C)C)[nH]5)ccc4c3)cc2)[nH]1)C(C)C. The summed E-state index contributed by atoms with van der Waals surface area (Å²) in [7, 11) is 5.84. The van der Waals surface area contributed by atoms with Crippen LogP contribution in [0.2, 0.25) is 0 Å². The Labute approximate surface area is 706 Å². The predicted octanol–water partition coefficient (Wildman–Crippen LogP) is 19.8. The lowest BCUT2D eigenvalue weighted by Crippen LogP contribution is -2.51. The highest BCUT2D eigenvalue weighted by molar-refractivity contribution is 5.93. The molecular formula is C94H124N14O12. The van der Waals surface area contributed by atoms with Gasteiger partial charge in [0.15, 0.2) is 0 Å². The number of imidazole rings is 4. The summed E-state index contributed by atoms with van der Waals surface area (Å²) in [6.45, 7) is 34.6. The second-order valence-corrected chi connectivity index (χ2v) is 35.0. The fourth-order valence-corrected chi connectivity index (χ4v) is 15.0. The first-order chi connectivity index (χ1) is 57.1. The number of fused-ring (bicyclic) bond motifs is 2. The molecule has 0 saturated carbocycles. The number of carbonyl (C=O) groups is 6. The Balaban J connectivity index is 0.000000223. The summed E-state index contributed by atoms with van der Waals surface area (Å²) in [5.74, 6) is 4.58. The first-order valence-corrected chi connectivity index (χ1v) is 42.0. The Morgan fingerprint density at radius 1 is 0.408 bits per heavy atom. The quantitative estimate of drug-likeness (QED) is 0.0393. The number of carbonyl (C=O) groups excluding carboxylic acids is 5. The number of likely N-dealkylation sites (tertiary alicyclic amines) is 4. The fourth-order valence-electron chi connectivity index (χ4n) is 15.0. The summed E-state index contributed by atoms with van der Waals surface area (Å²) in [5.41, 5.74) is 11.2. The molecule has 0 aliphatic carbocycles. The van der Waals surface area contributed by atoms with Crippen LogP contribution in [0.5, 0.6) is 0 Å². The van der Waals surface area contributed by atoms with Gasteiger partial charge in [-0.15, -0.1) is 0 Å². The molecule has 7 N–H and O–H groups in total. The van der Waals surface area contributed by atoms with Crippen molar-refractivity contribution in [1.82, 2.24) is 70.1 Å². The minimum atomic E-state index is -0.915. The maximum absolute atomic E-state index is 13.7. The molecule has 8 heterocycles. The summed E-state index contributed by atoms with van der Waals surface area (Å²) >= 11 is 0. The molecule has 26 heteroatoms. The van der Waals surface area contributed by atoms with Crippen LogP contribution in [0.4, 0.5) is 19.2 Å². The van der Waals surface area contributed by atoms with Crippen LogP contribution < -0.4 is 10.6 Å². The molecular weight excluding hydrogens is 1520 g/mol. The van der Waals surface area contributed by atoms with E-state index in [1.54, 1.807) is 47.5 Å². The number of hydrogen-bond donors (Lipinski definition) is 7. The van der Waals surface area contributed by atoms with Gasteiger partial charge in [-0.25, -0.2) is 39.1 Å². The highest BCUT2D eigenvalue weighted by Gasteiger charge is 2.44. The van der Waals surface area contributed by atoms with Crippen molar-refractivity contribution in [2.75, 3.05) is 54.6 Å². The molecule has 4 aliphatic heterocycles. The topological polar surface area (TPSA) is 321 Å². The monoisotopic (exact) mass is 1640 g/mol. The van der Waals surface area contributed by atoms with E-state index in [1.807, 2.05) is 54.7 Å². The molecule has 4 aliphatic rings. The van der Waals surface area contributed by atoms with Crippen molar-refractivity contribution in [2.45, 2.75) is 203 Å². The zero-order valence-corrected chi connectivity index (χ0v) is 73.4. The van der Waals surface area contributed by atoms with Crippen LogP contribution in [-0.2, 0) is 33.3 Å². The predicted molar refractivity (Wildman–Crippen MR) is 470 cm³/mol.